The van der Waals surface area contributed by atoms with Gasteiger partial charge in [-0.15, -0.1) is 0 Å². The summed E-state index contributed by atoms with van der Waals surface area (Å²) in [6, 6.07) is 0. The highest BCUT2D eigenvalue weighted by atomic mass is 16.1. The van der Waals surface area contributed by atoms with Crippen molar-refractivity contribution in [3.8, 4) is 213 Å². The predicted octanol–water partition coefficient (Wildman–Crippen LogP) is 18.1. The van der Waals surface area contributed by atoms with E-state index in [0.29, 0.717) is 17.1 Å². The zero-order chi connectivity index (χ0) is 66.3. The topological polar surface area (TPSA) is 48.6 Å². The molecule has 2 N–H and O–H groups in total. The first-order valence-corrected chi connectivity index (χ1v) is 33.4. The van der Waals surface area contributed by atoms with E-state index in [1.165, 1.54) is 153 Å². The van der Waals surface area contributed by atoms with Crippen LogP contribution in [0.2, 0.25) is 0 Å². The zero-order valence-electron chi connectivity index (χ0n) is 58.6. The third-order valence-electron chi connectivity index (χ3n) is 16.9. The van der Waals surface area contributed by atoms with E-state index in [0.717, 1.165) is 42.1 Å². The summed E-state index contributed by atoms with van der Waals surface area (Å²) in [5.41, 5.74) is 3.52. The van der Waals surface area contributed by atoms with Crippen molar-refractivity contribution in [1.82, 2.24) is 0 Å². The van der Waals surface area contributed by atoms with Crippen molar-refractivity contribution in [2.75, 3.05) is 0 Å². The van der Waals surface area contributed by atoms with Crippen LogP contribution in [0.4, 0.5) is 0 Å². The monoisotopic (exact) mass is 1200 g/mol. The maximum Gasteiger partial charge on any atom is 0.162 e. The molecule has 8 atom stereocenters. The van der Waals surface area contributed by atoms with E-state index in [1.54, 1.807) is 27.7 Å². The smallest absolute Gasteiger partial charge is 0.162 e. The van der Waals surface area contributed by atoms with E-state index >= 15 is 0 Å². The average molecular weight is 1200 g/mol. The van der Waals surface area contributed by atoms with Crippen molar-refractivity contribution >= 4 is 5.78 Å². The first kappa shape index (κ1) is 85.7. The Balaban J connectivity index is -0.000000557. The molecule has 2 nitrogen and oxygen atoms in total. The van der Waals surface area contributed by atoms with Crippen LogP contribution in [0.1, 0.15) is 273 Å². The van der Waals surface area contributed by atoms with Crippen LogP contribution in [0, 0.1) is 259 Å². The number of unbranched alkanes of at least 4 members (excludes halogenated alkanes) is 8. The summed E-state index contributed by atoms with van der Waals surface area (Å²) in [5.74, 6) is 96.5. The van der Waals surface area contributed by atoms with E-state index in [-0.39, 0.29) is 18.2 Å². The highest BCUT2D eigenvalue weighted by Gasteiger charge is 2.52. The maximum absolute atomic E-state index is 13.4. The number of carbonyl (C=O) groups excluding carboxylic acids is 1. The van der Waals surface area contributed by atoms with Gasteiger partial charge in [0.05, 0.1) is 0 Å². The number of ketones is 1. The molecule has 2 rings (SSSR count). The van der Waals surface area contributed by atoms with Gasteiger partial charge in [0.2, 0.25) is 0 Å². The number of hydrogen-bond acceptors (Lipinski definition) is 1. The lowest BCUT2D eigenvalue weighted by molar-refractivity contribution is -0.128. The molecule has 0 saturated heterocycles. The molecule has 0 aromatic rings. The van der Waals surface area contributed by atoms with Gasteiger partial charge < -0.3 is 5.48 Å². The van der Waals surface area contributed by atoms with Gasteiger partial charge in [0.1, 0.15) is 0 Å². The predicted molar refractivity (Wildman–Crippen MR) is 390 cm³/mol. The van der Waals surface area contributed by atoms with Gasteiger partial charge in [-0.3, -0.25) is 4.79 Å². The van der Waals surface area contributed by atoms with Gasteiger partial charge in [-0.25, -0.2) is 0 Å². The highest BCUT2D eigenvalue weighted by molar-refractivity contribution is 5.99. The van der Waals surface area contributed by atoms with Gasteiger partial charge in [0, 0.05) is 31.0 Å². The molecule has 0 aromatic carbocycles. The lowest BCUT2D eigenvalue weighted by Crippen LogP contribution is -2.48. The molecule has 472 valence electrons. The molecule has 0 aromatic heterocycles. The normalized spacial score (nSPS) is 18.3. The molecule has 0 spiro atoms. The van der Waals surface area contributed by atoms with Crippen molar-refractivity contribution in [2.24, 2.45) is 46.3 Å². The fourth-order valence-corrected chi connectivity index (χ4v) is 12.9. The van der Waals surface area contributed by atoms with Crippen molar-refractivity contribution in [2.45, 2.75) is 271 Å². The molecule has 8 unspecified atom stereocenters. The first-order valence-electron chi connectivity index (χ1n) is 33.4. The van der Waals surface area contributed by atoms with Gasteiger partial charge in [-0.1, -0.05) is 202 Å². The molecule has 0 amide bonds. The van der Waals surface area contributed by atoms with Gasteiger partial charge in [-0.2, -0.15) is 0 Å². The summed E-state index contributed by atoms with van der Waals surface area (Å²) < 4.78 is 0. The lowest BCUT2D eigenvalue weighted by Gasteiger charge is -2.56. The molecule has 2 aliphatic rings. The highest BCUT2D eigenvalue weighted by Crippen LogP contribution is 2.59. The maximum atomic E-state index is 13.4. The molecule has 0 bridgehead atoms. The number of Topliss-reactive ketones (excluding diaryl/α,β-unsaturated/α-hetero) is 1. The fraction of sp³-hybridized carbons (Fsp3) is 0.557. The second kappa shape index (κ2) is 60.7. The van der Waals surface area contributed by atoms with Crippen LogP contribution in [-0.2, 0) is 4.79 Å². The Morgan fingerprint density at radius 3 is 0.956 bits per heavy atom. The SMILES string of the molecule is CC#CC#CC#CC#CC#CC#CC#CC.CC#CC#CC#CC#CC#CC#CC#CC#CC#CC#CC#CC.CCCCCC1(CC)C(CCCC)C(=O)C(C)=C(CC)C1CCCC.CCCCCC1(CC)C(CCCC)CC(C)C(CC)C1CCCC.O.[HH]. The Kier molecular flexibility index (Phi) is 57.8. The summed E-state index contributed by atoms with van der Waals surface area (Å²) in [4.78, 5) is 13.4. The van der Waals surface area contributed by atoms with E-state index in [2.05, 4.69) is 296 Å². The largest absolute Gasteiger partial charge is 0.412 e. The average Bonchev–Trinajstić information content (AvgIpc) is 0.789. The summed E-state index contributed by atoms with van der Waals surface area (Å²) in [6.07, 6.45) is 33.5. The molecule has 90 heavy (non-hydrogen) atoms. The van der Waals surface area contributed by atoms with Crippen molar-refractivity contribution in [3.63, 3.8) is 0 Å². The van der Waals surface area contributed by atoms with Crippen LogP contribution in [0.25, 0.3) is 0 Å². The summed E-state index contributed by atoms with van der Waals surface area (Å²) in [7, 11) is 0. The van der Waals surface area contributed by atoms with Crippen LogP contribution in [0.3, 0.4) is 0 Å². The van der Waals surface area contributed by atoms with Crippen molar-refractivity contribution in [3.05, 3.63) is 11.1 Å². The second-order valence-electron chi connectivity index (χ2n) is 22.2. The fourth-order valence-electron chi connectivity index (χ4n) is 12.9. The van der Waals surface area contributed by atoms with Crippen LogP contribution in [0.15, 0.2) is 11.1 Å². The van der Waals surface area contributed by atoms with Crippen LogP contribution < -0.4 is 0 Å². The van der Waals surface area contributed by atoms with Crippen LogP contribution >= 0.6 is 0 Å². The Labute approximate surface area is 556 Å². The minimum absolute atomic E-state index is 0. The number of carbonyl (C=O) groups is 1. The molecule has 1 fully saturated rings. The standard InChI is InChI=1S/C24H44O.C24H48.C24H6.C16H6.H2O.H2/c1-7-12-15-18-24(11-5)21(16-13-8-2)20(10-4)19(6)23(25)22(24)17-14-9-3;1-7-12-15-18-24(11-5)21(16-13-8-2)19-20(6)22(10-4)23(24)17-14-9-3;1-3-5-7-9-11-13-15-17-19-21-23-24-22-20-18-16-14-12-10-8-6-4-2;1-3-5-7-9-11-13-15-16-14-12-10-8-6-4-2;;/h21-22H,7-18H2,1-6H3;20-23H,7-19H2,1-6H3;1-2H3;1-2H3;1H2;1H. The molecule has 2 heteroatoms. The summed E-state index contributed by atoms with van der Waals surface area (Å²) in [6.45, 7) is 35.1. The van der Waals surface area contributed by atoms with Gasteiger partial charge in [0.15, 0.2) is 5.78 Å². The van der Waals surface area contributed by atoms with E-state index in [1.807, 2.05) is 0 Å². The molecular formula is C88H108O2. The van der Waals surface area contributed by atoms with E-state index < -0.39 is 0 Å². The number of allylic oxidation sites excluding steroid dienone is 2. The minimum Gasteiger partial charge on any atom is -0.412 e. The van der Waals surface area contributed by atoms with Crippen molar-refractivity contribution < 1.29 is 11.7 Å². The van der Waals surface area contributed by atoms with Gasteiger partial charge in [0.25, 0.3) is 0 Å². The van der Waals surface area contributed by atoms with Gasteiger partial charge >= 0.3 is 0 Å². The Morgan fingerprint density at radius 2 is 0.667 bits per heavy atom. The molecule has 1 saturated carbocycles. The lowest BCUT2D eigenvalue weighted by atomic mass is 9.49. The third kappa shape index (κ3) is 36.7. The van der Waals surface area contributed by atoms with Crippen LogP contribution in [0.5, 0.6) is 0 Å². The number of rotatable bonds is 24. The summed E-state index contributed by atoms with van der Waals surface area (Å²) >= 11 is 0. The Hall–Kier alpha value is -8.55. The van der Waals surface area contributed by atoms with Gasteiger partial charge in [-0.05, 0) is 311 Å². The third-order valence-corrected chi connectivity index (χ3v) is 16.9. The zero-order valence-corrected chi connectivity index (χ0v) is 58.6. The summed E-state index contributed by atoms with van der Waals surface area (Å²) in [5, 5.41) is 0. The molecule has 2 aliphatic carbocycles. The van der Waals surface area contributed by atoms with Crippen LogP contribution in [-0.4, -0.2) is 11.3 Å². The molecule has 0 heterocycles. The van der Waals surface area contributed by atoms with E-state index in [9.17, 15) is 4.79 Å². The first-order chi connectivity index (χ1) is 43.5. The quantitative estimate of drug-likeness (QED) is 0.0702. The van der Waals surface area contributed by atoms with Crippen molar-refractivity contribution in [1.29, 1.82) is 0 Å². The Morgan fingerprint density at radius 1 is 0.378 bits per heavy atom. The molecule has 0 aliphatic heterocycles. The minimum atomic E-state index is 0. The number of hydrogen-bond donors (Lipinski definition) is 0. The Bertz CT molecular complexity index is 3280. The molecular weight excluding hydrogens is 1090 g/mol. The second-order valence-corrected chi connectivity index (χ2v) is 22.2. The van der Waals surface area contributed by atoms with E-state index in [4.69, 9.17) is 0 Å². The molecule has 0 radical (unpaired) electrons.